The number of benzene rings is 1. The van der Waals surface area contributed by atoms with Gasteiger partial charge in [0.25, 0.3) is 5.91 Å². The first-order chi connectivity index (χ1) is 12.6. The molecule has 3 rings (SSSR count). The van der Waals surface area contributed by atoms with Gasteiger partial charge in [-0.3, -0.25) is 14.3 Å². The SMILES string of the molecule is CCn1cc(C(=O)N2CC[C@H](Oc3ccccc3)[C@@H](CC(N)=O)C2)cn1. The number of aryl methyl sites for hydroxylation is 1. The van der Waals surface area contributed by atoms with Crippen molar-refractivity contribution in [2.45, 2.75) is 32.4 Å². The summed E-state index contributed by atoms with van der Waals surface area (Å²) in [6, 6.07) is 9.51. The number of primary amides is 1. The Morgan fingerprint density at radius 2 is 2.08 bits per heavy atom. The van der Waals surface area contributed by atoms with Crippen molar-refractivity contribution in [1.29, 1.82) is 0 Å². The Hall–Kier alpha value is -2.83. The van der Waals surface area contributed by atoms with Crippen LogP contribution in [-0.2, 0) is 11.3 Å². The molecule has 1 aliphatic rings. The smallest absolute Gasteiger partial charge is 0.257 e. The highest BCUT2D eigenvalue weighted by Crippen LogP contribution is 2.26. The average molecular weight is 356 g/mol. The maximum Gasteiger partial charge on any atom is 0.257 e. The minimum absolute atomic E-state index is 0.0719. The molecule has 1 saturated heterocycles. The Morgan fingerprint density at radius 1 is 1.31 bits per heavy atom. The first-order valence-corrected chi connectivity index (χ1v) is 8.88. The van der Waals surface area contributed by atoms with Gasteiger partial charge in [-0.1, -0.05) is 18.2 Å². The minimum Gasteiger partial charge on any atom is -0.490 e. The number of para-hydroxylation sites is 1. The number of aromatic nitrogens is 2. The zero-order valence-corrected chi connectivity index (χ0v) is 14.9. The van der Waals surface area contributed by atoms with Gasteiger partial charge < -0.3 is 15.4 Å². The molecule has 26 heavy (non-hydrogen) atoms. The molecule has 0 saturated carbocycles. The monoisotopic (exact) mass is 356 g/mol. The summed E-state index contributed by atoms with van der Waals surface area (Å²) in [6.45, 7) is 3.70. The summed E-state index contributed by atoms with van der Waals surface area (Å²) in [5.41, 5.74) is 5.98. The van der Waals surface area contributed by atoms with E-state index < -0.39 is 0 Å². The first kappa shape index (κ1) is 18.0. The Kier molecular flexibility index (Phi) is 5.55. The van der Waals surface area contributed by atoms with Crippen molar-refractivity contribution in [1.82, 2.24) is 14.7 Å². The van der Waals surface area contributed by atoms with Gasteiger partial charge >= 0.3 is 0 Å². The number of nitrogens with two attached hydrogens (primary N) is 1. The molecule has 0 aliphatic carbocycles. The molecule has 138 valence electrons. The van der Waals surface area contributed by atoms with Crippen molar-refractivity contribution in [2.24, 2.45) is 11.7 Å². The van der Waals surface area contributed by atoms with Gasteiger partial charge in [-0.25, -0.2) is 0 Å². The molecule has 2 aromatic rings. The van der Waals surface area contributed by atoms with Crippen molar-refractivity contribution in [3.05, 3.63) is 48.3 Å². The summed E-state index contributed by atoms with van der Waals surface area (Å²) in [6.07, 6.45) is 4.03. The third-order valence-electron chi connectivity index (χ3n) is 4.65. The summed E-state index contributed by atoms with van der Waals surface area (Å²) >= 11 is 0. The van der Waals surface area contributed by atoms with Crippen LogP contribution in [0.15, 0.2) is 42.7 Å². The largest absolute Gasteiger partial charge is 0.490 e. The topological polar surface area (TPSA) is 90.5 Å². The molecule has 7 nitrogen and oxygen atoms in total. The molecular weight excluding hydrogens is 332 g/mol. The Bertz CT molecular complexity index is 759. The summed E-state index contributed by atoms with van der Waals surface area (Å²) in [4.78, 5) is 26.0. The quantitative estimate of drug-likeness (QED) is 0.853. The first-order valence-electron chi connectivity index (χ1n) is 8.88. The Labute approximate surface area is 152 Å². The van der Waals surface area contributed by atoms with E-state index in [0.717, 1.165) is 5.75 Å². The lowest BCUT2D eigenvalue weighted by Crippen LogP contribution is -2.49. The number of hydrogen-bond donors (Lipinski definition) is 1. The molecule has 7 heteroatoms. The lowest BCUT2D eigenvalue weighted by molar-refractivity contribution is -0.120. The maximum absolute atomic E-state index is 12.7. The average Bonchev–Trinajstić information content (AvgIpc) is 3.12. The second-order valence-corrected chi connectivity index (χ2v) is 6.52. The van der Waals surface area contributed by atoms with E-state index >= 15 is 0 Å². The van der Waals surface area contributed by atoms with E-state index in [1.165, 1.54) is 0 Å². The van der Waals surface area contributed by atoms with Crippen LogP contribution in [0.2, 0.25) is 0 Å². The number of rotatable bonds is 6. The Balaban J connectivity index is 1.70. The van der Waals surface area contributed by atoms with Crippen LogP contribution in [-0.4, -0.2) is 45.7 Å². The van der Waals surface area contributed by atoms with E-state index in [-0.39, 0.29) is 30.3 Å². The van der Waals surface area contributed by atoms with Gasteiger partial charge in [0.05, 0.1) is 11.8 Å². The zero-order chi connectivity index (χ0) is 18.5. The summed E-state index contributed by atoms with van der Waals surface area (Å²) in [7, 11) is 0. The molecule has 2 amide bonds. The van der Waals surface area contributed by atoms with Gasteiger partial charge in [-0.05, 0) is 19.1 Å². The van der Waals surface area contributed by atoms with Gasteiger partial charge in [-0.2, -0.15) is 5.10 Å². The lowest BCUT2D eigenvalue weighted by atomic mass is 9.90. The third-order valence-corrected chi connectivity index (χ3v) is 4.65. The lowest BCUT2D eigenvalue weighted by Gasteiger charge is -2.38. The second-order valence-electron chi connectivity index (χ2n) is 6.52. The number of ether oxygens (including phenoxy) is 1. The van der Waals surface area contributed by atoms with Crippen LogP contribution in [0.5, 0.6) is 5.75 Å². The fraction of sp³-hybridized carbons (Fsp3) is 0.421. The summed E-state index contributed by atoms with van der Waals surface area (Å²) in [5.74, 6) is 0.171. The van der Waals surface area contributed by atoms with Gasteiger partial charge in [0.2, 0.25) is 5.91 Å². The van der Waals surface area contributed by atoms with Gasteiger partial charge in [0.15, 0.2) is 0 Å². The molecule has 0 unspecified atom stereocenters. The Morgan fingerprint density at radius 3 is 2.73 bits per heavy atom. The van der Waals surface area contributed by atoms with Crippen molar-refractivity contribution < 1.29 is 14.3 Å². The van der Waals surface area contributed by atoms with Crippen molar-refractivity contribution in [2.75, 3.05) is 13.1 Å². The molecule has 1 aromatic heterocycles. The highest BCUT2D eigenvalue weighted by molar-refractivity contribution is 5.93. The van der Waals surface area contributed by atoms with Crippen molar-refractivity contribution in [3.8, 4) is 5.75 Å². The number of amides is 2. The number of likely N-dealkylation sites (tertiary alicyclic amines) is 1. The molecule has 2 heterocycles. The minimum atomic E-state index is -0.384. The molecule has 1 fully saturated rings. The number of hydrogen-bond acceptors (Lipinski definition) is 4. The number of carbonyl (C=O) groups is 2. The molecular formula is C19H24N4O3. The van der Waals surface area contributed by atoms with Crippen LogP contribution >= 0.6 is 0 Å². The number of piperidine rings is 1. The van der Waals surface area contributed by atoms with E-state index in [4.69, 9.17) is 10.5 Å². The second kappa shape index (κ2) is 8.03. The van der Waals surface area contributed by atoms with Crippen LogP contribution in [0.3, 0.4) is 0 Å². The fourth-order valence-electron chi connectivity index (χ4n) is 3.31. The predicted molar refractivity (Wildman–Crippen MR) is 96.6 cm³/mol. The molecule has 2 N–H and O–H groups in total. The standard InChI is InChI=1S/C19H24N4O3/c1-2-23-13-15(11-21-23)19(25)22-9-8-17(14(12-22)10-18(20)24)26-16-6-4-3-5-7-16/h3-7,11,13-14,17H,2,8-10,12H2,1H3,(H2,20,24)/t14-,17-/m0/s1. The van der Waals surface area contributed by atoms with Gasteiger partial charge in [-0.15, -0.1) is 0 Å². The van der Waals surface area contributed by atoms with Crippen LogP contribution in [0, 0.1) is 5.92 Å². The van der Waals surface area contributed by atoms with Crippen molar-refractivity contribution in [3.63, 3.8) is 0 Å². The highest BCUT2D eigenvalue weighted by Gasteiger charge is 2.34. The molecule has 1 aromatic carbocycles. The number of carbonyl (C=O) groups excluding carboxylic acids is 2. The fourth-order valence-corrected chi connectivity index (χ4v) is 3.31. The maximum atomic E-state index is 12.7. The predicted octanol–water partition coefficient (Wildman–Crippen LogP) is 1.69. The number of nitrogens with zero attached hydrogens (tertiary/aromatic N) is 3. The van der Waals surface area contributed by atoms with Crippen LogP contribution in [0.4, 0.5) is 0 Å². The third kappa shape index (κ3) is 4.22. The zero-order valence-electron chi connectivity index (χ0n) is 14.9. The normalized spacial score (nSPS) is 20.0. The molecule has 1 aliphatic heterocycles. The van der Waals surface area contributed by atoms with E-state index in [2.05, 4.69) is 5.10 Å². The van der Waals surface area contributed by atoms with E-state index in [9.17, 15) is 9.59 Å². The van der Waals surface area contributed by atoms with Gasteiger partial charge in [0, 0.05) is 44.6 Å². The molecule has 2 atom stereocenters. The van der Waals surface area contributed by atoms with Crippen LogP contribution in [0.1, 0.15) is 30.1 Å². The summed E-state index contributed by atoms with van der Waals surface area (Å²) < 4.78 is 7.78. The van der Waals surface area contributed by atoms with E-state index in [1.54, 1.807) is 22.0 Å². The van der Waals surface area contributed by atoms with Crippen molar-refractivity contribution >= 4 is 11.8 Å². The van der Waals surface area contributed by atoms with E-state index in [0.29, 0.717) is 31.6 Å². The molecule has 0 radical (unpaired) electrons. The molecule has 0 spiro atoms. The van der Waals surface area contributed by atoms with Gasteiger partial charge in [0.1, 0.15) is 11.9 Å². The summed E-state index contributed by atoms with van der Waals surface area (Å²) in [5, 5.41) is 4.16. The van der Waals surface area contributed by atoms with E-state index in [1.807, 2.05) is 37.3 Å². The molecule has 0 bridgehead atoms. The van der Waals surface area contributed by atoms with Crippen LogP contribution < -0.4 is 10.5 Å². The highest BCUT2D eigenvalue weighted by atomic mass is 16.5. The van der Waals surface area contributed by atoms with Crippen LogP contribution in [0.25, 0.3) is 0 Å².